The van der Waals surface area contributed by atoms with E-state index in [2.05, 4.69) is 36.6 Å². The molecule has 0 spiro atoms. The molecule has 3 heteroatoms. The first-order chi connectivity index (χ1) is 8.20. The molecule has 3 nitrogen and oxygen atoms in total. The smallest absolute Gasteiger partial charge is 0.227 e. The van der Waals surface area contributed by atoms with Gasteiger partial charge in [0.05, 0.1) is 0 Å². The molecule has 0 heterocycles. The van der Waals surface area contributed by atoms with Crippen LogP contribution in [-0.2, 0) is 4.79 Å². The zero-order valence-corrected chi connectivity index (χ0v) is 10.5. The molecule has 0 bridgehead atoms. The van der Waals surface area contributed by atoms with Gasteiger partial charge in [0.1, 0.15) is 0 Å². The molecule has 1 aliphatic rings. The standard InChI is InChI=1S/C14H20N2O/c1-3-15-10(2)11-6-8-13(9-7-11)16-14(17)12-4-5-12/h6-10,12,15H,3-5H2,1-2H3,(H,16,17). The lowest BCUT2D eigenvalue weighted by atomic mass is 10.1. The number of nitrogens with one attached hydrogen (secondary N) is 2. The highest BCUT2D eigenvalue weighted by atomic mass is 16.2. The lowest BCUT2D eigenvalue weighted by molar-refractivity contribution is -0.117. The van der Waals surface area contributed by atoms with Crippen LogP contribution in [0.5, 0.6) is 0 Å². The van der Waals surface area contributed by atoms with E-state index in [1.165, 1.54) is 5.56 Å². The molecule has 92 valence electrons. The first-order valence-corrected chi connectivity index (χ1v) is 6.35. The van der Waals surface area contributed by atoms with Gasteiger partial charge in [-0.15, -0.1) is 0 Å². The summed E-state index contributed by atoms with van der Waals surface area (Å²) in [6, 6.07) is 8.44. The summed E-state index contributed by atoms with van der Waals surface area (Å²) in [4.78, 5) is 11.6. The number of benzene rings is 1. The van der Waals surface area contributed by atoms with E-state index < -0.39 is 0 Å². The van der Waals surface area contributed by atoms with E-state index in [0.717, 1.165) is 25.1 Å². The van der Waals surface area contributed by atoms with Crippen molar-refractivity contribution in [3.05, 3.63) is 29.8 Å². The van der Waals surface area contributed by atoms with Gasteiger partial charge in [-0.1, -0.05) is 19.1 Å². The van der Waals surface area contributed by atoms with Crippen LogP contribution in [0.4, 0.5) is 5.69 Å². The molecule has 0 aromatic heterocycles. The third-order valence-electron chi connectivity index (χ3n) is 3.14. The van der Waals surface area contributed by atoms with Crippen molar-refractivity contribution in [2.45, 2.75) is 32.7 Å². The van der Waals surface area contributed by atoms with Gasteiger partial charge in [-0.2, -0.15) is 0 Å². The summed E-state index contributed by atoms with van der Waals surface area (Å²) in [7, 11) is 0. The van der Waals surface area contributed by atoms with Gasteiger partial charge in [0.15, 0.2) is 0 Å². The Labute approximate surface area is 103 Å². The van der Waals surface area contributed by atoms with Crippen molar-refractivity contribution in [3.63, 3.8) is 0 Å². The Bertz CT molecular complexity index is 382. The Morgan fingerprint density at radius 1 is 1.35 bits per heavy atom. The highest BCUT2D eigenvalue weighted by Gasteiger charge is 2.29. The summed E-state index contributed by atoms with van der Waals surface area (Å²) in [5.41, 5.74) is 2.14. The topological polar surface area (TPSA) is 41.1 Å². The number of amides is 1. The molecular weight excluding hydrogens is 212 g/mol. The van der Waals surface area contributed by atoms with Crippen LogP contribution in [-0.4, -0.2) is 12.5 Å². The van der Waals surface area contributed by atoms with Gasteiger partial charge in [-0.05, 0) is 44.0 Å². The van der Waals surface area contributed by atoms with Crippen LogP contribution >= 0.6 is 0 Å². The monoisotopic (exact) mass is 232 g/mol. The van der Waals surface area contributed by atoms with Crippen molar-refractivity contribution >= 4 is 11.6 Å². The molecule has 0 saturated heterocycles. The average molecular weight is 232 g/mol. The summed E-state index contributed by atoms with van der Waals surface area (Å²) in [6.45, 7) is 5.20. The molecule has 1 aliphatic carbocycles. The molecule has 1 unspecified atom stereocenters. The maximum atomic E-state index is 11.6. The van der Waals surface area contributed by atoms with Gasteiger partial charge in [0.25, 0.3) is 0 Å². The van der Waals surface area contributed by atoms with Crippen LogP contribution < -0.4 is 10.6 Å². The molecule has 2 N–H and O–H groups in total. The van der Waals surface area contributed by atoms with Crippen molar-refractivity contribution in [3.8, 4) is 0 Å². The van der Waals surface area contributed by atoms with Crippen LogP contribution in [0.3, 0.4) is 0 Å². The zero-order chi connectivity index (χ0) is 12.3. The highest BCUT2D eigenvalue weighted by molar-refractivity contribution is 5.93. The Morgan fingerprint density at radius 3 is 2.53 bits per heavy atom. The van der Waals surface area contributed by atoms with E-state index in [1.807, 2.05) is 12.1 Å². The van der Waals surface area contributed by atoms with Gasteiger partial charge in [0.2, 0.25) is 5.91 Å². The number of rotatable bonds is 5. The van der Waals surface area contributed by atoms with Crippen LogP contribution in [0.25, 0.3) is 0 Å². The fourth-order valence-electron chi connectivity index (χ4n) is 1.87. The molecule has 0 aliphatic heterocycles. The van der Waals surface area contributed by atoms with Gasteiger partial charge in [-0.25, -0.2) is 0 Å². The van der Waals surface area contributed by atoms with Crippen molar-refractivity contribution in [1.82, 2.24) is 5.32 Å². The molecule has 1 amide bonds. The lowest BCUT2D eigenvalue weighted by Gasteiger charge is -2.13. The molecule has 1 saturated carbocycles. The van der Waals surface area contributed by atoms with E-state index in [4.69, 9.17) is 0 Å². The Hall–Kier alpha value is -1.35. The fraction of sp³-hybridized carbons (Fsp3) is 0.500. The molecule has 1 atom stereocenters. The van der Waals surface area contributed by atoms with Crippen LogP contribution in [0.2, 0.25) is 0 Å². The Balaban J connectivity index is 1.94. The second-order valence-corrected chi connectivity index (χ2v) is 4.66. The zero-order valence-electron chi connectivity index (χ0n) is 10.5. The highest BCUT2D eigenvalue weighted by Crippen LogP contribution is 2.30. The van der Waals surface area contributed by atoms with E-state index in [1.54, 1.807) is 0 Å². The largest absolute Gasteiger partial charge is 0.326 e. The normalized spacial score (nSPS) is 16.6. The molecule has 1 fully saturated rings. The SMILES string of the molecule is CCNC(C)c1ccc(NC(=O)C2CC2)cc1. The molecular formula is C14H20N2O. The predicted octanol–water partition coefficient (Wildman–Crippen LogP) is 2.71. The minimum absolute atomic E-state index is 0.164. The van der Waals surface area contributed by atoms with Crippen molar-refractivity contribution in [2.24, 2.45) is 5.92 Å². The minimum atomic E-state index is 0.164. The van der Waals surface area contributed by atoms with Gasteiger partial charge in [-0.3, -0.25) is 4.79 Å². The predicted molar refractivity (Wildman–Crippen MR) is 69.9 cm³/mol. The number of carbonyl (C=O) groups is 1. The van der Waals surface area contributed by atoms with Crippen LogP contribution in [0, 0.1) is 5.92 Å². The maximum absolute atomic E-state index is 11.6. The quantitative estimate of drug-likeness (QED) is 0.819. The third-order valence-corrected chi connectivity index (χ3v) is 3.14. The van der Waals surface area contributed by atoms with E-state index in [9.17, 15) is 4.79 Å². The summed E-state index contributed by atoms with van der Waals surface area (Å²) in [5.74, 6) is 0.424. The number of anilines is 1. The second-order valence-electron chi connectivity index (χ2n) is 4.66. The van der Waals surface area contributed by atoms with E-state index in [-0.39, 0.29) is 11.8 Å². The van der Waals surface area contributed by atoms with Gasteiger partial charge >= 0.3 is 0 Å². The maximum Gasteiger partial charge on any atom is 0.227 e. The summed E-state index contributed by atoms with van der Waals surface area (Å²) in [5, 5.41) is 6.31. The lowest BCUT2D eigenvalue weighted by Crippen LogP contribution is -2.18. The minimum Gasteiger partial charge on any atom is -0.326 e. The summed E-state index contributed by atoms with van der Waals surface area (Å²) < 4.78 is 0. The molecule has 1 aromatic rings. The van der Waals surface area contributed by atoms with Crippen molar-refractivity contribution in [1.29, 1.82) is 0 Å². The van der Waals surface area contributed by atoms with Gasteiger partial charge in [0, 0.05) is 17.6 Å². The van der Waals surface area contributed by atoms with Crippen LogP contribution in [0.15, 0.2) is 24.3 Å². The molecule has 1 aromatic carbocycles. The fourth-order valence-corrected chi connectivity index (χ4v) is 1.87. The molecule has 2 rings (SSSR count). The number of carbonyl (C=O) groups excluding carboxylic acids is 1. The van der Waals surface area contributed by atoms with E-state index >= 15 is 0 Å². The van der Waals surface area contributed by atoms with E-state index in [0.29, 0.717) is 6.04 Å². The first-order valence-electron chi connectivity index (χ1n) is 6.35. The number of hydrogen-bond acceptors (Lipinski definition) is 2. The Kier molecular flexibility index (Phi) is 3.79. The van der Waals surface area contributed by atoms with Crippen LogP contribution in [0.1, 0.15) is 38.3 Å². The molecule has 0 radical (unpaired) electrons. The third kappa shape index (κ3) is 3.30. The van der Waals surface area contributed by atoms with Crippen molar-refractivity contribution in [2.75, 3.05) is 11.9 Å². The summed E-state index contributed by atoms with van der Waals surface area (Å²) in [6.07, 6.45) is 2.09. The second kappa shape index (κ2) is 5.32. The number of hydrogen-bond donors (Lipinski definition) is 2. The van der Waals surface area contributed by atoms with Gasteiger partial charge < -0.3 is 10.6 Å². The van der Waals surface area contributed by atoms with Crippen molar-refractivity contribution < 1.29 is 4.79 Å². The Morgan fingerprint density at radius 2 is 2.00 bits per heavy atom. The molecule has 17 heavy (non-hydrogen) atoms. The summed E-state index contributed by atoms with van der Waals surface area (Å²) >= 11 is 0. The first kappa shape index (κ1) is 12.1. The average Bonchev–Trinajstić information content (AvgIpc) is 3.14.